The molecule has 0 spiro atoms. The van der Waals surface area contributed by atoms with E-state index in [-0.39, 0.29) is 18.2 Å². The quantitative estimate of drug-likeness (QED) is 0.669. The average molecular weight is 229 g/mol. The molecule has 0 saturated heterocycles. The van der Waals surface area contributed by atoms with Crippen LogP contribution in [0.2, 0.25) is 0 Å². The maximum absolute atomic E-state index is 11.4. The van der Waals surface area contributed by atoms with Crippen LogP contribution in [-0.4, -0.2) is 23.5 Å². The third-order valence-corrected chi connectivity index (χ3v) is 2.73. The zero-order valence-corrected chi connectivity index (χ0v) is 10.5. The first kappa shape index (κ1) is 14.9. The van der Waals surface area contributed by atoms with Crippen LogP contribution in [-0.2, 0) is 9.59 Å². The van der Waals surface area contributed by atoms with E-state index in [0.717, 1.165) is 6.42 Å². The summed E-state index contributed by atoms with van der Waals surface area (Å²) in [4.78, 5) is 21.8. The molecule has 0 rings (SSSR count). The van der Waals surface area contributed by atoms with Crippen molar-refractivity contribution < 1.29 is 14.7 Å². The Hall–Kier alpha value is -1.06. The van der Waals surface area contributed by atoms with Crippen molar-refractivity contribution in [3.63, 3.8) is 0 Å². The van der Waals surface area contributed by atoms with E-state index in [9.17, 15) is 9.59 Å². The number of aliphatic carboxylic acids is 1. The number of hydrogen-bond acceptors (Lipinski definition) is 2. The fraction of sp³-hybridized carbons (Fsp3) is 0.833. The highest BCUT2D eigenvalue weighted by Gasteiger charge is 2.09. The highest BCUT2D eigenvalue weighted by atomic mass is 16.4. The Balaban J connectivity index is 3.62. The molecule has 1 amide bonds. The molecule has 0 aliphatic carbocycles. The fourth-order valence-corrected chi connectivity index (χ4v) is 1.29. The van der Waals surface area contributed by atoms with E-state index in [4.69, 9.17) is 5.11 Å². The van der Waals surface area contributed by atoms with Crippen LogP contribution in [0.1, 0.15) is 46.5 Å². The highest BCUT2D eigenvalue weighted by Crippen LogP contribution is 2.07. The van der Waals surface area contributed by atoms with E-state index in [1.807, 2.05) is 13.8 Å². The largest absolute Gasteiger partial charge is 0.481 e. The van der Waals surface area contributed by atoms with E-state index in [1.54, 1.807) is 0 Å². The molecule has 0 aliphatic heterocycles. The van der Waals surface area contributed by atoms with Crippen molar-refractivity contribution in [1.29, 1.82) is 0 Å². The summed E-state index contributed by atoms with van der Waals surface area (Å²) in [5, 5.41) is 11.3. The molecule has 0 aromatic carbocycles. The number of nitrogens with one attached hydrogen (secondary N) is 1. The Bertz CT molecular complexity index is 228. The van der Waals surface area contributed by atoms with Gasteiger partial charge in [-0.1, -0.05) is 27.2 Å². The molecule has 0 radical (unpaired) electrons. The van der Waals surface area contributed by atoms with Crippen molar-refractivity contribution in [3.05, 3.63) is 0 Å². The molecule has 0 bridgehead atoms. The van der Waals surface area contributed by atoms with Crippen molar-refractivity contribution >= 4 is 11.9 Å². The van der Waals surface area contributed by atoms with Gasteiger partial charge in [-0.05, 0) is 18.3 Å². The fourth-order valence-electron chi connectivity index (χ4n) is 1.29. The lowest BCUT2D eigenvalue weighted by Gasteiger charge is -2.13. The molecule has 0 aliphatic rings. The van der Waals surface area contributed by atoms with Crippen molar-refractivity contribution in [2.75, 3.05) is 6.54 Å². The summed E-state index contributed by atoms with van der Waals surface area (Å²) in [5.74, 6) is -0.0828. The summed E-state index contributed by atoms with van der Waals surface area (Å²) in [6.45, 7) is 6.63. The Labute approximate surface area is 97.4 Å². The Kier molecular flexibility index (Phi) is 7.60. The monoisotopic (exact) mass is 229 g/mol. The molecule has 16 heavy (non-hydrogen) atoms. The molecule has 0 aromatic heterocycles. The number of carboxylic acids is 1. The van der Waals surface area contributed by atoms with Crippen LogP contribution in [0.4, 0.5) is 0 Å². The predicted molar refractivity (Wildman–Crippen MR) is 63.1 cm³/mol. The summed E-state index contributed by atoms with van der Waals surface area (Å²) >= 11 is 0. The van der Waals surface area contributed by atoms with Crippen molar-refractivity contribution in [2.45, 2.75) is 46.5 Å². The molecule has 0 fully saturated rings. The van der Waals surface area contributed by atoms with Crippen LogP contribution in [0.25, 0.3) is 0 Å². The standard InChI is InChI=1S/C12H23NO3/c1-4-9(2)7-11(14)13-8-10(3)5-6-12(15)16/h9-10H,4-8H2,1-3H3,(H,13,14)(H,15,16). The van der Waals surface area contributed by atoms with Gasteiger partial charge in [-0.2, -0.15) is 0 Å². The highest BCUT2D eigenvalue weighted by molar-refractivity contribution is 5.76. The summed E-state index contributed by atoms with van der Waals surface area (Å²) in [6.07, 6.45) is 2.34. The molecule has 2 atom stereocenters. The van der Waals surface area contributed by atoms with Gasteiger partial charge in [0.2, 0.25) is 5.91 Å². The van der Waals surface area contributed by atoms with E-state index < -0.39 is 5.97 Å². The van der Waals surface area contributed by atoms with E-state index >= 15 is 0 Å². The molecular formula is C12H23NO3. The summed E-state index contributed by atoms with van der Waals surface area (Å²) in [7, 11) is 0. The number of carbonyl (C=O) groups is 2. The molecule has 2 unspecified atom stereocenters. The molecular weight excluding hydrogens is 206 g/mol. The third kappa shape index (κ3) is 8.26. The predicted octanol–water partition coefficient (Wildman–Crippen LogP) is 2.04. The van der Waals surface area contributed by atoms with Gasteiger partial charge in [0.05, 0.1) is 0 Å². The first-order valence-corrected chi connectivity index (χ1v) is 5.94. The number of amides is 1. The van der Waals surface area contributed by atoms with Crippen molar-refractivity contribution in [1.82, 2.24) is 5.32 Å². The maximum Gasteiger partial charge on any atom is 0.303 e. The molecule has 0 heterocycles. The van der Waals surface area contributed by atoms with Gasteiger partial charge >= 0.3 is 5.97 Å². The summed E-state index contributed by atoms with van der Waals surface area (Å²) in [5.41, 5.74) is 0. The van der Waals surface area contributed by atoms with Gasteiger partial charge in [0.1, 0.15) is 0 Å². The number of carboxylic acid groups (broad SMARTS) is 1. The summed E-state index contributed by atoms with van der Waals surface area (Å²) in [6, 6.07) is 0. The lowest BCUT2D eigenvalue weighted by Crippen LogP contribution is -2.29. The smallest absolute Gasteiger partial charge is 0.303 e. The van der Waals surface area contributed by atoms with Crippen LogP contribution in [0.15, 0.2) is 0 Å². The molecule has 0 saturated carbocycles. The van der Waals surface area contributed by atoms with Crippen molar-refractivity contribution in [2.24, 2.45) is 11.8 Å². The molecule has 94 valence electrons. The van der Waals surface area contributed by atoms with Gasteiger partial charge in [0.25, 0.3) is 0 Å². The number of carbonyl (C=O) groups excluding carboxylic acids is 1. The van der Waals surface area contributed by atoms with Crippen LogP contribution in [0.5, 0.6) is 0 Å². The topological polar surface area (TPSA) is 66.4 Å². The van der Waals surface area contributed by atoms with Gasteiger partial charge in [-0.3, -0.25) is 9.59 Å². The number of rotatable bonds is 8. The SMILES string of the molecule is CCC(C)CC(=O)NCC(C)CCC(=O)O. The van der Waals surface area contributed by atoms with E-state index in [1.165, 1.54) is 0 Å². The minimum atomic E-state index is -0.780. The summed E-state index contributed by atoms with van der Waals surface area (Å²) < 4.78 is 0. The zero-order valence-electron chi connectivity index (χ0n) is 10.5. The first-order chi connectivity index (χ1) is 7.45. The average Bonchev–Trinajstić information content (AvgIpc) is 2.23. The van der Waals surface area contributed by atoms with E-state index in [2.05, 4.69) is 12.2 Å². The maximum atomic E-state index is 11.4. The van der Waals surface area contributed by atoms with Gasteiger partial charge in [-0.25, -0.2) is 0 Å². The van der Waals surface area contributed by atoms with Gasteiger partial charge < -0.3 is 10.4 Å². The molecule has 0 aromatic rings. The molecule has 4 heteroatoms. The molecule has 2 N–H and O–H groups in total. The Morgan fingerprint density at radius 2 is 1.88 bits per heavy atom. The van der Waals surface area contributed by atoms with Gasteiger partial charge in [0.15, 0.2) is 0 Å². The lowest BCUT2D eigenvalue weighted by molar-refractivity contribution is -0.137. The van der Waals surface area contributed by atoms with Crippen molar-refractivity contribution in [3.8, 4) is 0 Å². The van der Waals surface area contributed by atoms with Crippen LogP contribution >= 0.6 is 0 Å². The number of hydrogen-bond donors (Lipinski definition) is 2. The second-order valence-electron chi connectivity index (χ2n) is 4.56. The van der Waals surface area contributed by atoms with Gasteiger partial charge in [0, 0.05) is 19.4 Å². The minimum Gasteiger partial charge on any atom is -0.481 e. The Morgan fingerprint density at radius 1 is 1.25 bits per heavy atom. The van der Waals surface area contributed by atoms with Crippen LogP contribution in [0.3, 0.4) is 0 Å². The zero-order chi connectivity index (χ0) is 12.6. The van der Waals surface area contributed by atoms with E-state index in [0.29, 0.717) is 25.3 Å². The lowest BCUT2D eigenvalue weighted by atomic mass is 10.0. The second-order valence-corrected chi connectivity index (χ2v) is 4.56. The first-order valence-electron chi connectivity index (χ1n) is 5.94. The Morgan fingerprint density at radius 3 is 2.38 bits per heavy atom. The van der Waals surface area contributed by atoms with Gasteiger partial charge in [-0.15, -0.1) is 0 Å². The van der Waals surface area contributed by atoms with Crippen LogP contribution < -0.4 is 5.32 Å². The van der Waals surface area contributed by atoms with Crippen LogP contribution in [0, 0.1) is 11.8 Å². The molecule has 4 nitrogen and oxygen atoms in total. The minimum absolute atomic E-state index is 0.0662. The second kappa shape index (κ2) is 8.13. The third-order valence-electron chi connectivity index (χ3n) is 2.73. The normalized spacial score (nSPS) is 14.2.